The molecule has 0 saturated carbocycles. The topological polar surface area (TPSA) is 85.1 Å². The van der Waals surface area contributed by atoms with Crippen LogP contribution < -0.4 is 10.5 Å². The van der Waals surface area contributed by atoms with Gasteiger partial charge >= 0.3 is 0 Å². The molecule has 0 amide bonds. The zero-order valence-corrected chi connectivity index (χ0v) is 12.3. The van der Waals surface area contributed by atoms with Crippen molar-refractivity contribution in [3.05, 3.63) is 53.9 Å². The van der Waals surface area contributed by atoms with E-state index in [9.17, 15) is 8.42 Å². The molecule has 1 heterocycles. The van der Waals surface area contributed by atoms with Crippen LogP contribution in [0, 0.1) is 18.8 Å². The fourth-order valence-corrected chi connectivity index (χ4v) is 2.75. The minimum atomic E-state index is -3.69. The standard InChI is InChI=1S/C15H15N3O2S/c1-12-6-7-15(13(10-12)4-2-8-16)18-21(19,20)14-5-3-9-17-11-14/h3,5-7,9-11,18H,8,16H2,1H3. The van der Waals surface area contributed by atoms with E-state index in [0.29, 0.717) is 11.3 Å². The molecule has 1 aromatic carbocycles. The van der Waals surface area contributed by atoms with Gasteiger partial charge in [-0.1, -0.05) is 17.9 Å². The molecule has 0 radical (unpaired) electrons. The maximum atomic E-state index is 12.3. The highest BCUT2D eigenvalue weighted by atomic mass is 32.2. The van der Waals surface area contributed by atoms with Crippen LogP contribution in [0.15, 0.2) is 47.6 Å². The van der Waals surface area contributed by atoms with Gasteiger partial charge in [0.15, 0.2) is 0 Å². The predicted molar refractivity (Wildman–Crippen MR) is 82.2 cm³/mol. The summed E-state index contributed by atoms with van der Waals surface area (Å²) in [6.07, 6.45) is 2.81. The molecule has 0 atom stereocenters. The lowest BCUT2D eigenvalue weighted by molar-refractivity contribution is 0.601. The number of aromatic nitrogens is 1. The average Bonchev–Trinajstić information content (AvgIpc) is 2.48. The lowest BCUT2D eigenvalue weighted by atomic mass is 10.1. The van der Waals surface area contributed by atoms with E-state index in [1.165, 1.54) is 18.5 Å². The van der Waals surface area contributed by atoms with Crippen LogP contribution in [0.5, 0.6) is 0 Å². The molecule has 6 heteroatoms. The number of anilines is 1. The van der Waals surface area contributed by atoms with Crippen LogP contribution in [0.3, 0.4) is 0 Å². The van der Waals surface area contributed by atoms with Gasteiger partial charge in [0, 0.05) is 18.0 Å². The summed E-state index contributed by atoms with van der Waals surface area (Å²) >= 11 is 0. The van der Waals surface area contributed by atoms with Gasteiger partial charge in [-0.25, -0.2) is 8.42 Å². The van der Waals surface area contributed by atoms with Crippen molar-refractivity contribution in [1.82, 2.24) is 4.98 Å². The summed E-state index contributed by atoms with van der Waals surface area (Å²) < 4.78 is 27.1. The third kappa shape index (κ3) is 3.81. The third-order valence-corrected chi connectivity index (χ3v) is 4.04. The van der Waals surface area contributed by atoms with Crippen molar-refractivity contribution in [2.45, 2.75) is 11.8 Å². The fraction of sp³-hybridized carbons (Fsp3) is 0.133. The van der Waals surface area contributed by atoms with Crippen molar-refractivity contribution >= 4 is 15.7 Å². The second kappa shape index (κ2) is 6.39. The van der Waals surface area contributed by atoms with E-state index in [2.05, 4.69) is 21.5 Å². The van der Waals surface area contributed by atoms with Crippen molar-refractivity contribution in [3.63, 3.8) is 0 Å². The Hall–Kier alpha value is -2.36. The van der Waals surface area contributed by atoms with E-state index in [1.54, 1.807) is 12.1 Å². The Bertz CT molecular complexity index is 791. The Labute approximate surface area is 124 Å². The molecule has 0 spiro atoms. The molecule has 0 saturated heterocycles. The van der Waals surface area contributed by atoms with Crippen molar-refractivity contribution in [2.24, 2.45) is 5.73 Å². The number of rotatable bonds is 3. The van der Waals surface area contributed by atoms with Gasteiger partial charge in [-0.05, 0) is 36.8 Å². The van der Waals surface area contributed by atoms with Gasteiger partial charge in [-0.2, -0.15) is 0 Å². The first-order chi connectivity index (χ1) is 10.0. The molecular formula is C15H15N3O2S. The molecular weight excluding hydrogens is 286 g/mol. The molecule has 3 N–H and O–H groups in total. The van der Waals surface area contributed by atoms with Gasteiger partial charge in [0.25, 0.3) is 10.0 Å². The highest BCUT2D eigenvalue weighted by Crippen LogP contribution is 2.20. The van der Waals surface area contributed by atoms with Crippen LogP contribution >= 0.6 is 0 Å². The maximum absolute atomic E-state index is 12.3. The lowest BCUT2D eigenvalue weighted by Gasteiger charge is -2.10. The van der Waals surface area contributed by atoms with Gasteiger partial charge in [0.1, 0.15) is 4.90 Å². The monoisotopic (exact) mass is 301 g/mol. The van der Waals surface area contributed by atoms with E-state index < -0.39 is 10.0 Å². The molecule has 1 aromatic heterocycles. The van der Waals surface area contributed by atoms with E-state index in [0.717, 1.165) is 5.56 Å². The Balaban J connectivity index is 2.40. The van der Waals surface area contributed by atoms with Gasteiger partial charge in [-0.3, -0.25) is 9.71 Å². The van der Waals surface area contributed by atoms with E-state index in [-0.39, 0.29) is 11.4 Å². The van der Waals surface area contributed by atoms with Crippen molar-refractivity contribution in [3.8, 4) is 11.8 Å². The Morgan fingerprint density at radius 3 is 2.81 bits per heavy atom. The molecule has 108 valence electrons. The molecule has 5 nitrogen and oxygen atoms in total. The summed E-state index contributed by atoms with van der Waals surface area (Å²) in [4.78, 5) is 3.92. The summed E-state index contributed by atoms with van der Waals surface area (Å²) in [5.41, 5.74) is 7.36. The summed E-state index contributed by atoms with van der Waals surface area (Å²) in [5, 5.41) is 0. The van der Waals surface area contributed by atoms with Crippen molar-refractivity contribution < 1.29 is 8.42 Å². The minimum Gasteiger partial charge on any atom is -0.320 e. The molecule has 0 fully saturated rings. The molecule has 0 aliphatic heterocycles. The predicted octanol–water partition coefficient (Wildman–Crippen LogP) is 1.50. The van der Waals surface area contributed by atoms with Gasteiger partial charge in [0.05, 0.1) is 12.2 Å². The van der Waals surface area contributed by atoms with Gasteiger partial charge in [0.2, 0.25) is 0 Å². The first-order valence-corrected chi connectivity index (χ1v) is 7.73. The quantitative estimate of drug-likeness (QED) is 0.841. The number of hydrogen-bond donors (Lipinski definition) is 2. The zero-order valence-electron chi connectivity index (χ0n) is 11.5. The van der Waals surface area contributed by atoms with Crippen LogP contribution in [-0.4, -0.2) is 19.9 Å². The number of pyridine rings is 1. The SMILES string of the molecule is Cc1ccc(NS(=O)(=O)c2cccnc2)c(C#CCN)c1. The summed E-state index contributed by atoms with van der Waals surface area (Å²) in [6, 6.07) is 8.36. The molecule has 21 heavy (non-hydrogen) atoms. The second-order valence-electron chi connectivity index (χ2n) is 4.35. The van der Waals surface area contributed by atoms with Crippen LogP contribution in [0.1, 0.15) is 11.1 Å². The maximum Gasteiger partial charge on any atom is 0.263 e. The Morgan fingerprint density at radius 1 is 1.33 bits per heavy atom. The van der Waals surface area contributed by atoms with E-state index >= 15 is 0 Å². The van der Waals surface area contributed by atoms with Crippen LogP contribution in [0.25, 0.3) is 0 Å². The van der Waals surface area contributed by atoms with Crippen molar-refractivity contribution in [1.29, 1.82) is 0 Å². The summed E-state index contributed by atoms with van der Waals surface area (Å²) in [7, 11) is -3.69. The molecule has 0 aliphatic rings. The van der Waals surface area contributed by atoms with Crippen LogP contribution in [0.4, 0.5) is 5.69 Å². The number of aryl methyl sites for hydroxylation is 1. The largest absolute Gasteiger partial charge is 0.320 e. The zero-order chi connectivity index (χ0) is 15.3. The number of nitrogens with two attached hydrogens (primary N) is 1. The normalized spacial score (nSPS) is 10.6. The van der Waals surface area contributed by atoms with Crippen molar-refractivity contribution in [2.75, 3.05) is 11.3 Å². The molecule has 0 unspecified atom stereocenters. The van der Waals surface area contributed by atoms with E-state index in [1.807, 2.05) is 19.1 Å². The van der Waals surface area contributed by atoms with Gasteiger partial charge < -0.3 is 5.73 Å². The Kier molecular flexibility index (Phi) is 4.58. The minimum absolute atomic E-state index is 0.100. The van der Waals surface area contributed by atoms with Crippen LogP contribution in [-0.2, 0) is 10.0 Å². The second-order valence-corrected chi connectivity index (χ2v) is 6.03. The average molecular weight is 301 g/mol. The number of nitrogens with one attached hydrogen (secondary N) is 1. The molecule has 0 bridgehead atoms. The first-order valence-electron chi connectivity index (χ1n) is 6.25. The van der Waals surface area contributed by atoms with E-state index in [4.69, 9.17) is 5.73 Å². The smallest absolute Gasteiger partial charge is 0.263 e. The van der Waals surface area contributed by atoms with Gasteiger partial charge in [-0.15, -0.1) is 0 Å². The molecule has 2 rings (SSSR count). The summed E-state index contributed by atoms with van der Waals surface area (Å²) in [5.74, 6) is 5.60. The number of benzene rings is 1. The number of nitrogens with zero attached hydrogens (tertiary/aromatic N) is 1. The highest BCUT2D eigenvalue weighted by molar-refractivity contribution is 7.92. The van der Waals surface area contributed by atoms with Crippen LogP contribution in [0.2, 0.25) is 0 Å². The Morgan fingerprint density at radius 2 is 2.14 bits per heavy atom. The lowest BCUT2D eigenvalue weighted by Crippen LogP contribution is -2.14. The third-order valence-electron chi connectivity index (χ3n) is 2.69. The summed E-state index contributed by atoms with van der Waals surface area (Å²) in [6.45, 7) is 2.12. The molecule has 0 aliphatic carbocycles. The number of hydrogen-bond acceptors (Lipinski definition) is 4. The first kappa shape index (κ1) is 15.0. The highest BCUT2D eigenvalue weighted by Gasteiger charge is 2.15. The number of sulfonamides is 1. The molecule has 2 aromatic rings. The fourth-order valence-electron chi connectivity index (χ4n) is 1.71.